The van der Waals surface area contributed by atoms with Gasteiger partial charge < -0.3 is 29.7 Å². The van der Waals surface area contributed by atoms with Gasteiger partial charge in [-0.25, -0.2) is 0 Å². The average molecular weight is 653 g/mol. The van der Waals surface area contributed by atoms with Gasteiger partial charge in [0.1, 0.15) is 0 Å². The Morgan fingerprint density at radius 1 is 0.432 bits per heavy atom. The van der Waals surface area contributed by atoms with Crippen LogP contribution in [0.25, 0.3) is 0 Å². The first-order valence-electron chi connectivity index (χ1n) is 14.2. The van der Waals surface area contributed by atoms with E-state index >= 15 is 0 Å². The molecule has 0 fully saturated rings. The fourth-order valence-electron chi connectivity index (χ4n) is 3.29. The number of hydrogen-bond donors (Lipinski definition) is 0. The Hall–Kier alpha value is -0.395. The molecule has 0 aliphatic rings. The van der Waals surface area contributed by atoms with Crippen LogP contribution < -0.4 is 15.3 Å². The molecule has 0 bridgehead atoms. The molecule has 0 aromatic carbocycles. The second-order valence-electron chi connectivity index (χ2n) is 11.9. The van der Waals surface area contributed by atoms with Crippen molar-refractivity contribution in [3.8, 4) is 0 Å². The number of unbranched alkanes of at least 4 members (excludes halogenated alkanes) is 9. The van der Waals surface area contributed by atoms with Crippen LogP contribution in [0.15, 0.2) is 0 Å². The molecule has 0 saturated heterocycles. The molecule has 0 unspecified atom stereocenters. The minimum Gasteiger partial charge on any atom is -0.550 e. The van der Waals surface area contributed by atoms with Crippen LogP contribution in [0.3, 0.4) is 0 Å². The van der Waals surface area contributed by atoms with Crippen molar-refractivity contribution in [1.82, 2.24) is 0 Å². The fraction of sp³-hybridized carbons (Fsp3) is 0.900. The molecule has 0 radical (unpaired) electrons. The van der Waals surface area contributed by atoms with E-state index in [1.165, 1.54) is 38.5 Å². The van der Waals surface area contributed by atoms with Crippen LogP contribution in [-0.4, -0.2) is 17.9 Å². The zero-order valence-corrected chi connectivity index (χ0v) is 29.3. The normalized spacial score (nSPS) is 11.3. The Labute approximate surface area is 256 Å². The van der Waals surface area contributed by atoms with Crippen molar-refractivity contribution >= 4 is 17.9 Å². The minimum absolute atomic E-state index is 0. The Bertz CT molecular complexity index is 504. The van der Waals surface area contributed by atoms with Crippen LogP contribution in [0, 0.1) is 51.8 Å². The third-order valence-corrected chi connectivity index (χ3v) is 6.62. The van der Waals surface area contributed by atoms with Crippen molar-refractivity contribution in [2.45, 2.75) is 159 Å². The first kappa shape index (κ1) is 43.7. The second kappa shape index (κ2) is 24.6. The Kier molecular flexibility index (Phi) is 29.1. The van der Waals surface area contributed by atoms with Crippen molar-refractivity contribution < 1.29 is 65.3 Å². The maximum absolute atomic E-state index is 10.6. The molecule has 0 aromatic rings. The first-order valence-corrected chi connectivity index (χ1v) is 14.2. The van der Waals surface area contributed by atoms with E-state index in [9.17, 15) is 29.7 Å². The largest absolute Gasteiger partial charge is 3.00 e. The summed E-state index contributed by atoms with van der Waals surface area (Å²) >= 11 is 0. The van der Waals surface area contributed by atoms with E-state index in [1.54, 1.807) is 41.5 Å². The van der Waals surface area contributed by atoms with Gasteiger partial charge in [-0.1, -0.05) is 139 Å². The zero-order chi connectivity index (χ0) is 28.8. The van der Waals surface area contributed by atoms with Crippen LogP contribution in [-0.2, 0) is 14.4 Å². The van der Waals surface area contributed by atoms with E-state index in [0.29, 0.717) is 0 Å². The third-order valence-electron chi connectivity index (χ3n) is 6.62. The summed E-state index contributed by atoms with van der Waals surface area (Å²) < 4.78 is 0. The van der Waals surface area contributed by atoms with E-state index in [1.807, 2.05) is 0 Å². The molecule has 7 heteroatoms. The molecular formula is C30H57LaO6. The summed E-state index contributed by atoms with van der Waals surface area (Å²) in [7, 11) is 0. The topological polar surface area (TPSA) is 120 Å². The Morgan fingerprint density at radius 2 is 0.622 bits per heavy atom. The van der Waals surface area contributed by atoms with Crippen LogP contribution in [0.1, 0.15) is 159 Å². The van der Waals surface area contributed by atoms with Crippen molar-refractivity contribution in [3.63, 3.8) is 0 Å². The average Bonchev–Trinajstić information content (AvgIpc) is 2.78. The molecule has 0 rings (SSSR count). The molecule has 0 aliphatic carbocycles. The minimum atomic E-state index is -0.931. The first-order chi connectivity index (χ1) is 16.5. The van der Waals surface area contributed by atoms with Crippen molar-refractivity contribution in [2.75, 3.05) is 0 Å². The van der Waals surface area contributed by atoms with E-state index in [-0.39, 0.29) is 35.6 Å². The number of hydrogen-bond acceptors (Lipinski definition) is 6. The quantitative estimate of drug-likeness (QED) is 0.188. The predicted molar refractivity (Wildman–Crippen MR) is 143 cm³/mol. The Balaban J connectivity index is -0.000000218. The van der Waals surface area contributed by atoms with Crippen LogP contribution in [0.5, 0.6) is 0 Å². The van der Waals surface area contributed by atoms with Gasteiger partial charge in [0.15, 0.2) is 0 Å². The van der Waals surface area contributed by atoms with Gasteiger partial charge in [0, 0.05) is 34.2 Å². The van der Waals surface area contributed by atoms with Gasteiger partial charge in [-0.2, -0.15) is 0 Å². The molecule has 37 heavy (non-hydrogen) atoms. The third kappa shape index (κ3) is 27.0. The monoisotopic (exact) mass is 652 g/mol. The SMILES string of the molecule is CCCCCCC(C)(C)C(=O)[O-].CCCCCCC(C)(C)C(=O)[O-].CCCCCCC(C)(C)C(=O)[O-].[La+3]. The summed E-state index contributed by atoms with van der Waals surface area (Å²) in [5.74, 6) is -2.79. The van der Waals surface area contributed by atoms with Crippen molar-refractivity contribution in [1.29, 1.82) is 0 Å². The molecule has 0 saturated carbocycles. The molecular weight excluding hydrogens is 595 g/mol. The van der Waals surface area contributed by atoms with Gasteiger partial charge >= 0.3 is 35.6 Å². The molecule has 6 nitrogen and oxygen atoms in total. The van der Waals surface area contributed by atoms with E-state index in [2.05, 4.69) is 20.8 Å². The molecule has 0 N–H and O–H groups in total. The molecule has 0 heterocycles. The Morgan fingerprint density at radius 3 is 0.757 bits per heavy atom. The number of aliphatic carboxylic acids is 3. The molecule has 0 aromatic heterocycles. The summed E-state index contributed by atoms with van der Waals surface area (Å²) in [6.07, 6.45) is 15.7. The van der Waals surface area contributed by atoms with E-state index in [0.717, 1.165) is 57.8 Å². The smallest absolute Gasteiger partial charge is 0.550 e. The van der Waals surface area contributed by atoms with Gasteiger partial charge in [0.2, 0.25) is 0 Å². The maximum atomic E-state index is 10.6. The maximum Gasteiger partial charge on any atom is 3.00 e. The molecule has 0 spiro atoms. The number of carboxylic acid groups (broad SMARTS) is 3. The summed E-state index contributed by atoms with van der Waals surface area (Å²) in [5.41, 5.74) is -1.94. The molecule has 0 aliphatic heterocycles. The van der Waals surface area contributed by atoms with Crippen LogP contribution in [0.4, 0.5) is 0 Å². The number of carbonyl (C=O) groups is 3. The van der Waals surface area contributed by atoms with E-state index < -0.39 is 34.2 Å². The standard InChI is InChI=1S/3C10H20O2.La/c3*1-4-5-6-7-8-10(2,3)9(11)12;/h3*4-8H2,1-3H3,(H,11,12);/q;;;+3/p-3. The zero-order valence-electron chi connectivity index (χ0n) is 25.6. The fourth-order valence-corrected chi connectivity index (χ4v) is 3.29. The van der Waals surface area contributed by atoms with Gasteiger partial charge in [-0.3, -0.25) is 0 Å². The molecule has 0 atom stereocenters. The molecule has 216 valence electrons. The predicted octanol–water partition coefficient (Wildman–Crippen LogP) is 5.20. The summed E-state index contributed by atoms with van der Waals surface area (Å²) in [6, 6.07) is 0. The summed E-state index contributed by atoms with van der Waals surface area (Å²) in [4.78, 5) is 31.7. The van der Waals surface area contributed by atoms with Crippen molar-refractivity contribution in [3.05, 3.63) is 0 Å². The van der Waals surface area contributed by atoms with Crippen LogP contribution in [0.2, 0.25) is 0 Å². The van der Waals surface area contributed by atoms with Gasteiger partial charge in [-0.15, -0.1) is 0 Å². The summed E-state index contributed by atoms with van der Waals surface area (Å²) in [6.45, 7) is 16.8. The summed E-state index contributed by atoms with van der Waals surface area (Å²) in [5, 5.41) is 31.7. The number of rotatable bonds is 18. The van der Waals surface area contributed by atoms with Gasteiger partial charge in [0.25, 0.3) is 0 Å². The van der Waals surface area contributed by atoms with E-state index in [4.69, 9.17) is 0 Å². The second-order valence-corrected chi connectivity index (χ2v) is 11.9. The van der Waals surface area contributed by atoms with Gasteiger partial charge in [0.05, 0.1) is 0 Å². The number of carboxylic acids is 3. The van der Waals surface area contributed by atoms with Crippen LogP contribution >= 0.6 is 0 Å². The number of carbonyl (C=O) groups excluding carboxylic acids is 3. The van der Waals surface area contributed by atoms with Gasteiger partial charge in [-0.05, 0) is 19.3 Å². The van der Waals surface area contributed by atoms with Crippen molar-refractivity contribution in [2.24, 2.45) is 16.2 Å². The molecule has 0 amide bonds.